The summed E-state index contributed by atoms with van der Waals surface area (Å²) in [5, 5.41) is 4.89. The van der Waals surface area contributed by atoms with E-state index in [2.05, 4.69) is 113 Å². The van der Waals surface area contributed by atoms with Crippen molar-refractivity contribution in [1.29, 1.82) is 0 Å². The minimum atomic E-state index is -3.20. The molecule has 2 aliphatic heterocycles. The van der Waals surface area contributed by atoms with Gasteiger partial charge in [0.25, 0.3) is 0 Å². The van der Waals surface area contributed by atoms with Gasteiger partial charge in [-0.2, -0.15) is 0 Å². The van der Waals surface area contributed by atoms with Crippen molar-refractivity contribution in [1.82, 2.24) is 0 Å². The summed E-state index contributed by atoms with van der Waals surface area (Å²) in [5.74, 6) is 0. The predicted octanol–water partition coefficient (Wildman–Crippen LogP) is 8.11. The van der Waals surface area contributed by atoms with Gasteiger partial charge in [0.15, 0.2) is 7.14 Å². The summed E-state index contributed by atoms with van der Waals surface area (Å²) in [5.41, 5.74) is 5.08. The quantitative estimate of drug-likeness (QED) is 0.219. The highest BCUT2D eigenvalue weighted by atomic mass is 32.1. The Hall–Kier alpha value is -4.11. The Morgan fingerprint density at radius 2 is 1.08 bits per heavy atom. The molecule has 5 heteroatoms. The van der Waals surface area contributed by atoms with E-state index in [1.165, 1.54) is 0 Å². The van der Waals surface area contributed by atoms with Crippen LogP contribution in [0.1, 0.15) is 0 Å². The molecule has 3 nitrogen and oxygen atoms in total. The van der Waals surface area contributed by atoms with E-state index in [1.54, 1.807) is 11.3 Å². The third kappa shape index (κ3) is 2.74. The van der Waals surface area contributed by atoms with Gasteiger partial charge in [-0.1, -0.05) is 72.8 Å². The maximum atomic E-state index is 15.9. The Labute approximate surface area is 219 Å². The van der Waals surface area contributed by atoms with Crippen LogP contribution in [0.2, 0.25) is 0 Å². The minimum Gasteiger partial charge on any atom is -0.309 e. The smallest absolute Gasteiger partial charge is 0.180 e. The van der Waals surface area contributed by atoms with Gasteiger partial charge in [-0.05, 0) is 54.6 Å². The molecule has 0 bridgehead atoms. The van der Waals surface area contributed by atoms with Crippen molar-refractivity contribution < 1.29 is 4.57 Å². The zero-order chi connectivity index (χ0) is 24.6. The maximum Gasteiger partial charge on any atom is 0.180 e. The van der Waals surface area contributed by atoms with Crippen LogP contribution in [-0.2, 0) is 4.57 Å². The number of rotatable bonds is 2. The number of fused-ring (bicyclic) bond motifs is 6. The minimum absolute atomic E-state index is 0.899. The predicted molar refractivity (Wildman–Crippen MR) is 158 cm³/mol. The van der Waals surface area contributed by atoms with Gasteiger partial charge in [-0.15, -0.1) is 11.3 Å². The second-order valence-corrected chi connectivity index (χ2v) is 13.0. The zero-order valence-electron chi connectivity index (χ0n) is 19.8. The molecule has 6 aromatic rings. The van der Waals surface area contributed by atoms with Crippen molar-refractivity contribution in [3.8, 4) is 0 Å². The van der Waals surface area contributed by atoms with Crippen LogP contribution in [0.15, 0.2) is 127 Å². The summed E-state index contributed by atoms with van der Waals surface area (Å²) >= 11 is 1.73. The van der Waals surface area contributed by atoms with Crippen LogP contribution in [0.4, 0.5) is 33.4 Å². The monoisotopic (exact) mass is 512 g/mol. The molecule has 1 atom stereocenters. The van der Waals surface area contributed by atoms with Crippen LogP contribution in [0.5, 0.6) is 0 Å². The molecular weight excluding hydrogens is 491 g/mol. The Bertz CT molecular complexity index is 1880. The molecule has 0 saturated carbocycles. The molecule has 8 rings (SSSR count). The molecule has 0 spiro atoms. The summed E-state index contributed by atoms with van der Waals surface area (Å²) in [6, 6.07) is 43.8. The van der Waals surface area contributed by atoms with Gasteiger partial charge in [0, 0.05) is 26.8 Å². The molecule has 5 aromatic carbocycles. The van der Waals surface area contributed by atoms with Crippen molar-refractivity contribution in [2.24, 2.45) is 0 Å². The lowest BCUT2D eigenvalue weighted by molar-refractivity contribution is 0.592. The molecule has 0 aliphatic carbocycles. The molecule has 0 fully saturated rings. The van der Waals surface area contributed by atoms with Gasteiger partial charge < -0.3 is 14.4 Å². The van der Waals surface area contributed by atoms with Crippen molar-refractivity contribution in [3.05, 3.63) is 127 Å². The van der Waals surface area contributed by atoms with Crippen molar-refractivity contribution >= 4 is 77.9 Å². The Kier molecular flexibility index (Phi) is 4.37. The topological polar surface area (TPSA) is 23.6 Å². The molecule has 0 radical (unpaired) electrons. The first kappa shape index (κ1) is 21.0. The van der Waals surface area contributed by atoms with Crippen LogP contribution >= 0.6 is 18.5 Å². The molecule has 1 aromatic heterocycles. The molecule has 0 amide bonds. The summed E-state index contributed by atoms with van der Waals surface area (Å²) in [4.78, 5) is 4.58. The standard InChI is InChI=1S/C32H21N2OPS/c35-36-28-20-9-8-17-25(28)33(22-12-3-1-4-13-22)26-18-11-19-27(31(26)36)34(23-14-5-2-6-15-23)32-30(36)24-16-7-10-21-29(24)37-32/h1-21H. The lowest BCUT2D eigenvalue weighted by Gasteiger charge is -2.43. The number of hydrogen-bond acceptors (Lipinski definition) is 4. The molecule has 0 N–H and O–H groups in total. The van der Waals surface area contributed by atoms with Gasteiger partial charge in [0.05, 0.1) is 27.7 Å². The zero-order valence-corrected chi connectivity index (χ0v) is 21.5. The third-order valence-electron chi connectivity index (χ3n) is 7.35. The highest BCUT2D eigenvalue weighted by Crippen LogP contribution is 2.63. The molecule has 37 heavy (non-hydrogen) atoms. The Balaban J connectivity index is 1.56. The van der Waals surface area contributed by atoms with Crippen LogP contribution in [0.3, 0.4) is 0 Å². The van der Waals surface area contributed by atoms with Crippen LogP contribution < -0.4 is 25.7 Å². The number of thiophene rings is 1. The summed E-state index contributed by atoms with van der Waals surface area (Å²) in [6.45, 7) is 0. The molecule has 3 heterocycles. The Morgan fingerprint density at radius 3 is 1.84 bits per heavy atom. The van der Waals surface area contributed by atoms with E-state index in [0.29, 0.717) is 0 Å². The fourth-order valence-electron chi connectivity index (χ4n) is 5.88. The third-order valence-corrected chi connectivity index (χ3v) is 11.9. The highest BCUT2D eigenvalue weighted by Gasteiger charge is 2.50. The number of anilines is 6. The van der Waals surface area contributed by atoms with E-state index < -0.39 is 7.14 Å². The fraction of sp³-hybridized carbons (Fsp3) is 0. The van der Waals surface area contributed by atoms with E-state index in [-0.39, 0.29) is 0 Å². The van der Waals surface area contributed by atoms with E-state index in [1.807, 2.05) is 24.3 Å². The molecule has 176 valence electrons. The summed E-state index contributed by atoms with van der Waals surface area (Å²) in [7, 11) is -3.20. The molecular formula is C32H21N2OPS. The highest BCUT2D eigenvalue weighted by molar-refractivity contribution is 7.87. The first-order chi connectivity index (χ1) is 18.3. The van der Waals surface area contributed by atoms with E-state index >= 15 is 4.57 Å². The molecule has 2 aliphatic rings. The SMILES string of the molecule is O=P12c3ccccc3N(c3ccccc3)c3cccc(c31)N(c1ccccc1)c1sc3ccccc3c12. The fourth-order valence-corrected chi connectivity index (χ4v) is 11.0. The average Bonchev–Trinajstić information content (AvgIpc) is 3.35. The van der Waals surface area contributed by atoms with E-state index in [9.17, 15) is 0 Å². The van der Waals surface area contributed by atoms with E-state index in [4.69, 9.17) is 0 Å². The van der Waals surface area contributed by atoms with Gasteiger partial charge >= 0.3 is 0 Å². The number of para-hydroxylation sites is 3. The van der Waals surface area contributed by atoms with Crippen molar-refractivity contribution in [3.63, 3.8) is 0 Å². The first-order valence-corrected chi connectivity index (χ1v) is 14.8. The lowest BCUT2D eigenvalue weighted by atomic mass is 10.1. The average molecular weight is 513 g/mol. The van der Waals surface area contributed by atoms with Gasteiger partial charge in [0.1, 0.15) is 5.00 Å². The van der Waals surface area contributed by atoms with Crippen molar-refractivity contribution in [2.75, 3.05) is 9.80 Å². The van der Waals surface area contributed by atoms with Crippen molar-refractivity contribution in [2.45, 2.75) is 0 Å². The van der Waals surface area contributed by atoms with E-state index in [0.717, 1.165) is 59.4 Å². The number of hydrogen-bond donors (Lipinski definition) is 0. The second-order valence-electron chi connectivity index (χ2n) is 9.34. The van der Waals surface area contributed by atoms with Crippen LogP contribution in [0.25, 0.3) is 10.1 Å². The first-order valence-electron chi connectivity index (χ1n) is 12.3. The summed E-state index contributed by atoms with van der Waals surface area (Å²) in [6.07, 6.45) is 0. The normalized spacial score (nSPS) is 17.3. The molecule has 1 unspecified atom stereocenters. The van der Waals surface area contributed by atoms with Gasteiger partial charge in [-0.25, -0.2) is 0 Å². The van der Waals surface area contributed by atoms with Gasteiger partial charge in [0.2, 0.25) is 0 Å². The van der Waals surface area contributed by atoms with Gasteiger partial charge in [-0.3, -0.25) is 0 Å². The Morgan fingerprint density at radius 1 is 0.514 bits per heavy atom. The summed E-state index contributed by atoms with van der Waals surface area (Å²) < 4.78 is 17.1. The van der Waals surface area contributed by atoms with Crippen LogP contribution in [-0.4, -0.2) is 0 Å². The lowest BCUT2D eigenvalue weighted by Crippen LogP contribution is -2.42. The number of benzene rings is 5. The maximum absolute atomic E-state index is 15.9. The van der Waals surface area contributed by atoms with Crippen LogP contribution in [0, 0.1) is 0 Å². The molecule has 0 saturated heterocycles. The largest absolute Gasteiger partial charge is 0.309 e. The number of nitrogens with zero attached hydrogens (tertiary/aromatic N) is 2. The second kappa shape index (κ2) is 7.69.